The minimum Gasteiger partial charge on any atom is -0.295 e. The van der Waals surface area contributed by atoms with Gasteiger partial charge >= 0.3 is 0 Å². The van der Waals surface area contributed by atoms with Crippen LogP contribution in [-0.2, 0) is 4.79 Å². The van der Waals surface area contributed by atoms with Crippen LogP contribution in [0.25, 0.3) is 0 Å². The molecule has 1 nitrogen and oxygen atoms in total. The minimum atomic E-state index is 0.304. The van der Waals surface area contributed by atoms with Gasteiger partial charge in [0, 0.05) is 12.3 Å². The van der Waals surface area contributed by atoms with Crippen molar-refractivity contribution in [3.8, 4) is 0 Å². The molecular weight excluding hydrogens is 148 g/mol. The van der Waals surface area contributed by atoms with Gasteiger partial charge < -0.3 is 0 Å². The van der Waals surface area contributed by atoms with E-state index in [0.717, 1.165) is 18.4 Å². The maximum atomic E-state index is 11.1. The van der Waals surface area contributed by atoms with Gasteiger partial charge in [-0.25, -0.2) is 0 Å². The molecule has 0 amide bonds. The molecule has 0 fully saturated rings. The summed E-state index contributed by atoms with van der Waals surface area (Å²) in [4.78, 5) is 11.1. The van der Waals surface area contributed by atoms with E-state index in [2.05, 4.69) is 0 Å². The van der Waals surface area contributed by atoms with Crippen LogP contribution in [0.5, 0.6) is 0 Å². The molecule has 10 heavy (non-hydrogen) atoms. The minimum absolute atomic E-state index is 0.304. The highest BCUT2D eigenvalue weighted by Crippen LogP contribution is 2.24. The van der Waals surface area contributed by atoms with Crippen molar-refractivity contribution in [3.05, 3.63) is 11.1 Å². The van der Waals surface area contributed by atoms with Crippen molar-refractivity contribution in [2.45, 2.75) is 26.2 Å². The summed E-state index contributed by atoms with van der Waals surface area (Å²) in [5, 5.41) is 0. The van der Waals surface area contributed by atoms with Gasteiger partial charge in [0.25, 0.3) is 0 Å². The summed E-state index contributed by atoms with van der Waals surface area (Å²) < 4.78 is 0. The second-order valence-electron chi connectivity index (χ2n) is 2.62. The number of carbonyl (C=O) groups is 1. The average molecular weight is 159 g/mol. The summed E-state index contributed by atoms with van der Waals surface area (Å²) in [7, 11) is 0. The zero-order chi connectivity index (χ0) is 7.56. The second kappa shape index (κ2) is 3.20. The molecule has 0 aromatic heterocycles. The molecule has 1 rings (SSSR count). The number of allylic oxidation sites excluding steroid dienone is 2. The molecule has 0 unspecified atom stereocenters. The third-order valence-corrected chi connectivity index (χ3v) is 2.11. The fraction of sp³-hybridized carbons (Fsp3) is 0.625. The van der Waals surface area contributed by atoms with E-state index in [4.69, 9.17) is 11.6 Å². The topological polar surface area (TPSA) is 17.1 Å². The van der Waals surface area contributed by atoms with E-state index >= 15 is 0 Å². The lowest BCUT2D eigenvalue weighted by Crippen LogP contribution is -1.96. The highest BCUT2D eigenvalue weighted by molar-refractivity contribution is 6.18. The molecule has 0 saturated heterocycles. The van der Waals surface area contributed by atoms with Crippen molar-refractivity contribution in [1.82, 2.24) is 0 Å². The van der Waals surface area contributed by atoms with E-state index in [-0.39, 0.29) is 0 Å². The van der Waals surface area contributed by atoms with Gasteiger partial charge in [-0.1, -0.05) is 5.57 Å². The first-order valence-corrected chi connectivity index (χ1v) is 4.07. The predicted octanol–water partition coefficient (Wildman–Crippen LogP) is 2.29. The van der Waals surface area contributed by atoms with Gasteiger partial charge in [0.05, 0.1) is 0 Å². The Morgan fingerprint density at radius 3 is 2.60 bits per heavy atom. The number of hydrogen-bond donors (Lipinski definition) is 0. The molecule has 0 radical (unpaired) electrons. The summed E-state index contributed by atoms with van der Waals surface area (Å²) in [5.41, 5.74) is 2.22. The van der Waals surface area contributed by atoms with E-state index in [1.807, 2.05) is 6.92 Å². The molecule has 0 heterocycles. The fourth-order valence-electron chi connectivity index (χ4n) is 1.29. The standard InChI is InChI=1S/C8H11ClO/c1-6-2-3-8(10)7(6)4-5-9/h2-5H2,1H3. The van der Waals surface area contributed by atoms with E-state index < -0.39 is 0 Å². The first-order chi connectivity index (χ1) is 4.75. The number of rotatable bonds is 2. The zero-order valence-electron chi connectivity index (χ0n) is 6.11. The van der Waals surface area contributed by atoms with Gasteiger partial charge in [-0.3, -0.25) is 4.79 Å². The van der Waals surface area contributed by atoms with Gasteiger partial charge in [-0.05, 0) is 25.3 Å². The third-order valence-electron chi connectivity index (χ3n) is 1.92. The summed E-state index contributed by atoms with van der Waals surface area (Å²) >= 11 is 5.53. The molecule has 0 spiro atoms. The van der Waals surface area contributed by atoms with Gasteiger partial charge in [-0.15, -0.1) is 11.6 Å². The first-order valence-electron chi connectivity index (χ1n) is 3.53. The van der Waals surface area contributed by atoms with Gasteiger partial charge in [0.2, 0.25) is 0 Å². The van der Waals surface area contributed by atoms with Crippen LogP contribution in [0.2, 0.25) is 0 Å². The second-order valence-corrected chi connectivity index (χ2v) is 3.00. The molecule has 1 aliphatic carbocycles. The lowest BCUT2D eigenvalue weighted by molar-refractivity contribution is -0.115. The normalized spacial score (nSPS) is 18.8. The van der Waals surface area contributed by atoms with Crippen molar-refractivity contribution >= 4 is 17.4 Å². The molecule has 0 aromatic rings. The Hall–Kier alpha value is -0.300. The van der Waals surface area contributed by atoms with Gasteiger partial charge in [-0.2, -0.15) is 0 Å². The summed E-state index contributed by atoms with van der Waals surface area (Å²) in [5.74, 6) is 0.872. The van der Waals surface area contributed by atoms with E-state index in [1.165, 1.54) is 5.57 Å². The molecule has 0 bridgehead atoms. The Labute approximate surface area is 66.1 Å². The SMILES string of the molecule is CC1=C(CCCl)C(=O)CC1. The Morgan fingerprint density at radius 1 is 1.50 bits per heavy atom. The number of halogens is 1. The molecule has 2 heteroatoms. The Morgan fingerprint density at radius 2 is 2.20 bits per heavy atom. The summed E-state index contributed by atoms with van der Waals surface area (Å²) in [6, 6.07) is 0. The molecule has 0 aromatic carbocycles. The van der Waals surface area contributed by atoms with Crippen molar-refractivity contribution in [2.75, 3.05) is 5.88 Å². The Balaban J connectivity index is 2.68. The number of carbonyl (C=O) groups excluding carboxylic acids is 1. The van der Waals surface area contributed by atoms with Crippen LogP contribution >= 0.6 is 11.6 Å². The molecule has 0 atom stereocenters. The van der Waals surface area contributed by atoms with Crippen molar-refractivity contribution in [1.29, 1.82) is 0 Å². The molecule has 0 saturated carbocycles. The maximum absolute atomic E-state index is 11.1. The van der Waals surface area contributed by atoms with Crippen LogP contribution in [-0.4, -0.2) is 11.7 Å². The number of alkyl halides is 1. The van der Waals surface area contributed by atoms with Gasteiger partial charge in [0.1, 0.15) is 0 Å². The van der Waals surface area contributed by atoms with Crippen LogP contribution in [0.15, 0.2) is 11.1 Å². The van der Waals surface area contributed by atoms with Crippen molar-refractivity contribution in [2.24, 2.45) is 0 Å². The molecule has 56 valence electrons. The molecular formula is C8H11ClO. The van der Waals surface area contributed by atoms with E-state index in [1.54, 1.807) is 0 Å². The zero-order valence-corrected chi connectivity index (χ0v) is 6.87. The predicted molar refractivity (Wildman–Crippen MR) is 42.3 cm³/mol. The lowest BCUT2D eigenvalue weighted by Gasteiger charge is -1.96. The number of Topliss-reactive ketones (excluding diaryl/α,β-unsaturated/α-hetero) is 1. The van der Waals surface area contributed by atoms with Crippen molar-refractivity contribution in [3.63, 3.8) is 0 Å². The van der Waals surface area contributed by atoms with Crippen LogP contribution in [0.4, 0.5) is 0 Å². The monoisotopic (exact) mass is 158 g/mol. The van der Waals surface area contributed by atoms with E-state index in [0.29, 0.717) is 18.1 Å². The molecule has 1 aliphatic rings. The summed E-state index contributed by atoms with van der Waals surface area (Å²) in [6.07, 6.45) is 2.41. The Bertz CT molecular complexity index is 182. The fourth-order valence-corrected chi connectivity index (χ4v) is 1.48. The third kappa shape index (κ3) is 1.40. The highest BCUT2D eigenvalue weighted by atomic mass is 35.5. The van der Waals surface area contributed by atoms with Gasteiger partial charge in [0.15, 0.2) is 5.78 Å². The molecule has 0 aliphatic heterocycles. The number of hydrogen-bond acceptors (Lipinski definition) is 1. The molecule has 0 N–H and O–H groups in total. The number of ketones is 1. The smallest absolute Gasteiger partial charge is 0.159 e. The van der Waals surface area contributed by atoms with Crippen LogP contribution in [0, 0.1) is 0 Å². The van der Waals surface area contributed by atoms with Crippen LogP contribution < -0.4 is 0 Å². The Kier molecular flexibility index (Phi) is 2.50. The maximum Gasteiger partial charge on any atom is 0.159 e. The lowest BCUT2D eigenvalue weighted by atomic mass is 10.1. The highest BCUT2D eigenvalue weighted by Gasteiger charge is 2.18. The van der Waals surface area contributed by atoms with Crippen molar-refractivity contribution < 1.29 is 4.79 Å². The largest absolute Gasteiger partial charge is 0.295 e. The van der Waals surface area contributed by atoms with E-state index in [9.17, 15) is 4.79 Å². The van der Waals surface area contributed by atoms with Crippen LogP contribution in [0.1, 0.15) is 26.2 Å². The van der Waals surface area contributed by atoms with Crippen LogP contribution in [0.3, 0.4) is 0 Å². The average Bonchev–Trinajstić information content (AvgIpc) is 2.20. The quantitative estimate of drug-likeness (QED) is 0.564. The first kappa shape index (κ1) is 7.80. The summed E-state index contributed by atoms with van der Waals surface area (Å²) in [6.45, 7) is 2.02.